The molecule has 0 radical (unpaired) electrons. The molecule has 0 spiro atoms. The number of hydrogen-bond acceptors (Lipinski definition) is 6. The van der Waals surface area contributed by atoms with Crippen molar-refractivity contribution in [1.82, 2.24) is 30.0 Å². The Morgan fingerprint density at radius 3 is 2.65 bits per heavy atom. The van der Waals surface area contributed by atoms with Crippen LogP contribution in [0.1, 0.15) is 10.5 Å². The Balaban J connectivity index is 1.49. The van der Waals surface area contributed by atoms with Gasteiger partial charge in [0, 0.05) is 16.8 Å². The summed E-state index contributed by atoms with van der Waals surface area (Å²) in [6, 6.07) is 19.6. The van der Waals surface area contributed by atoms with Crippen LogP contribution in [0.5, 0.6) is 0 Å². The number of carbonyl (C=O) groups excluding carboxylic acids is 1. The molecule has 5 aromatic rings. The van der Waals surface area contributed by atoms with Crippen molar-refractivity contribution in [2.24, 2.45) is 0 Å². The molecule has 10 heteroatoms. The van der Waals surface area contributed by atoms with Crippen molar-refractivity contribution >= 4 is 23.2 Å². The van der Waals surface area contributed by atoms with E-state index in [0.717, 1.165) is 0 Å². The van der Waals surface area contributed by atoms with Gasteiger partial charge in [-0.15, -0.1) is 5.10 Å². The first kappa shape index (κ1) is 18.8. The molecule has 0 atom stereocenters. The first-order valence-electron chi connectivity index (χ1n) is 9.22. The summed E-state index contributed by atoms with van der Waals surface area (Å²) in [4.78, 5) is 13.0. The van der Waals surface area contributed by atoms with Crippen LogP contribution in [0.4, 0.5) is 5.69 Å². The van der Waals surface area contributed by atoms with E-state index >= 15 is 0 Å². The van der Waals surface area contributed by atoms with E-state index in [4.69, 9.17) is 16.0 Å². The molecule has 0 aliphatic heterocycles. The van der Waals surface area contributed by atoms with Crippen LogP contribution < -0.4 is 5.32 Å². The average molecular weight is 432 g/mol. The number of aromatic nitrogens is 6. The zero-order chi connectivity index (χ0) is 21.2. The molecule has 0 unspecified atom stereocenters. The zero-order valence-electron chi connectivity index (χ0n) is 15.9. The second kappa shape index (κ2) is 7.88. The minimum absolute atomic E-state index is 0.221. The third-order valence-corrected chi connectivity index (χ3v) is 4.72. The summed E-state index contributed by atoms with van der Waals surface area (Å²) in [5.41, 5.74) is 2.84. The number of furan rings is 1. The van der Waals surface area contributed by atoms with Crippen LogP contribution in [0.25, 0.3) is 22.8 Å². The van der Waals surface area contributed by atoms with Crippen molar-refractivity contribution in [3.63, 3.8) is 0 Å². The summed E-state index contributed by atoms with van der Waals surface area (Å²) in [5, 5.41) is 19.0. The van der Waals surface area contributed by atoms with Crippen LogP contribution in [0.15, 0.2) is 83.7 Å². The van der Waals surface area contributed by atoms with Gasteiger partial charge >= 0.3 is 0 Å². The Bertz CT molecular complexity index is 1340. The minimum Gasteiger partial charge on any atom is -0.463 e. The van der Waals surface area contributed by atoms with Crippen molar-refractivity contribution in [2.45, 2.75) is 0 Å². The Kier molecular flexibility index (Phi) is 4.77. The molecular weight excluding hydrogens is 418 g/mol. The normalized spacial score (nSPS) is 10.9. The third-order valence-electron chi connectivity index (χ3n) is 4.49. The van der Waals surface area contributed by atoms with Crippen molar-refractivity contribution in [3.05, 3.63) is 90.0 Å². The maximum Gasteiger partial charge on any atom is 0.276 e. The Labute approximate surface area is 180 Å². The van der Waals surface area contributed by atoms with Gasteiger partial charge in [0.05, 0.1) is 17.6 Å². The van der Waals surface area contributed by atoms with E-state index in [9.17, 15) is 4.79 Å². The van der Waals surface area contributed by atoms with Gasteiger partial charge in [-0.25, -0.2) is 9.36 Å². The van der Waals surface area contributed by atoms with E-state index < -0.39 is 0 Å². The predicted molar refractivity (Wildman–Crippen MR) is 113 cm³/mol. The van der Waals surface area contributed by atoms with Crippen molar-refractivity contribution in [2.75, 3.05) is 5.32 Å². The molecule has 31 heavy (non-hydrogen) atoms. The molecule has 152 valence electrons. The van der Waals surface area contributed by atoms with E-state index in [1.807, 2.05) is 18.2 Å². The van der Waals surface area contributed by atoms with Gasteiger partial charge in [0.1, 0.15) is 12.0 Å². The maximum absolute atomic E-state index is 13.0. The number of nitrogens with one attached hydrogen (secondary N) is 1. The quantitative estimate of drug-likeness (QED) is 0.451. The second-order valence-electron chi connectivity index (χ2n) is 6.54. The molecule has 1 N–H and O–H groups in total. The molecule has 3 heterocycles. The number of hydrogen-bond donors (Lipinski definition) is 1. The van der Waals surface area contributed by atoms with Crippen LogP contribution in [0.3, 0.4) is 0 Å². The lowest BCUT2D eigenvalue weighted by Crippen LogP contribution is -2.13. The van der Waals surface area contributed by atoms with Crippen molar-refractivity contribution in [1.29, 1.82) is 0 Å². The van der Waals surface area contributed by atoms with Gasteiger partial charge in [0.15, 0.2) is 11.5 Å². The first-order chi connectivity index (χ1) is 15.2. The van der Waals surface area contributed by atoms with Crippen LogP contribution in [0.2, 0.25) is 5.02 Å². The van der Waals surface area contributed by atoms with Crippen LogP contribution in [0, 0.1) is 0 Å². The molecule has 9 nitrogen and oxygen atoms in total. The number of amides is 1. The average Bonchev–Trinajstić information content (AvgIpc) is 3.55. The van der Waals surface area contributed by atoms with Gasteiger partial charge in [-0.05, 0) is 59.0 Å². The van der Waals surface area contributed by atoms with Crippen LogP contribution >= 0.6 is 11.6 Å². The lowest BCUT2D eigenvalue weighted by molar-refractivity contribution is 0.102. The highest BCUT2D eigenvalue weighted by molar-refractivity contribution is 6.30. The number of benzene rings is 2. The smallest absolute Gasteiger partial charge is 0.276 e. The fraction of sp³-hybridized carbons (Fsp3) is 0. The summed E-state index contributed by atoms with van der Waals surface area (Å²) >= 11 is 6.15. The van der Waals surface area contributed by atoms with Gasteiger partial charge in [-0.3, -0.25) is 4.79 Å². The summed E-state index contributed by atoms with van der Waals surface area (Å²) in [5.74, 6) is 0.203. The molecule has 0 saturated carbocycles. The molecular formula is C21H14ClN7O2. The summed E-state index contributed by atoms with van der Waals surface area (Å²) in [6.07, 6.45) is 3.04. The van der Waals surface area contributed by atoms with E-state index in [1.54, 1.807) is 59.5 Å². The molecule has 0 aliphatic carbocycles. The van der Waals surface area contributed by atoms with Gasteiger partial charge in [0.25, 0.3) is 5.91 Å². The van der Waals surface area contributed by atoms with Crippen LogP contribution in [-0.2, 0) is 0 Å². The summed E-state index contributed by atoms with van der Waals surface area (Å²) < 4.78 is 8.65. The standard InChI is InChI=1S/C21H14ClN7O2/c22-14-4-1-7-17(10-14)29-19(20-8-3-9-31-20)12-18(25-29)21(30)24-15-5-2-6-16(11-15)28-13-23-26-27-28/h1-13H,(H,24,30). The number of halogens is 1. The Morgan fingerprint density at radius 1 is 1.00 bits per heavy atom. The first-order valence-corrected chi connectivity index (χ1v) is 9.60. The van der Waals surface area contributed by atoms with E-state index in [0.29, 0.717) is 33.5 Å². The van der Waals surface area contributed by atoms with Gasteiger partial charge < -0.3 is 9.73 Å². The zero-order valence-corrected chi connectivity index (χ0v) is 16.6. The number of rotatable bonds is 5. The molecule has 0 bridgehead atoms. The van der Waals surface area contributed by atoms with Gasteiger partial charge in [0.2, 0.25) is 0 Å². The Hall–Kier alpha value is -4.24. The second-order valence-corrected chi connectivity index (χ2v) is 6.98. The number of nitrogens with zero attached hydrogens (tertiary/aromatic N) is 6. The van der Waals surface area contributed by atoms with Crippen molar-refractivity contribution < 1.29 is 9.21 Å². The maximum atomic E-state index is 13.0. The number of carbonyl (C=O) groups is 1. The van der Waals surface area contributed by atoms with Crippen LogP contribution in [-0.4, -0.2) is 35.9 Å². The minimum atomic E-state index is -0.373. The molecule has 1 amide bonds. The molecule has 0 saturated heterocycles. The highest BCUT2D eigenvalue weighted by Crippen LogP contribution is 2.26. The predicted octanol–water partition coefficient (Wildman–Crippen LogP) is 4.01. The molecule has 2 aromatic carbocycles. The highest BCUT2D eigenvalue weighted by Gasteiger charge is 2.19. The Morgan fingerprint density at radius 2 is 1.87 bits per heavy atom. The molecule has 0 fully saturated rings. The van der Waals surface area contributed by atoms with Gasteiger partial charge in [-0.2, -0.15) is 5.10 Å². The van der Waals surface area contributed by atoms with E-state index in [2.05, 4.69) is 25.9 Å². The SMILES string of the molecule is O=C(Nc1cccc(-n2cnnn2)c1)c1cc(-c2ccco2)n(-c2cccc(Cl)c2)n1. The summed E-state index contributed by atoms with van der Waals surface area (Å²) in [7, 11) is 0. The van der Waals surface area contributed by atoms with Crippen molar-refractivity contribution in [3.8, 4) is 22.8 Å². The summed E-state index contributed by atoms with van der Waals surface area (Å²) in [6.45, 7) is 0. The largest absolute Gasteiger partial charge is 0.463 e. The lowest BCUT2D eigenvalue weighted by Gasteiger charge is -2.06. The highest BCUT2D eigenvalue weighted by atomic mass is 35.5. The molecule has 0 aliphatic rings. The number of tetrazole rings is 1. The molecule has 5 rings (SSSR count). The topological polar surface area (TPSA) is 104 Å². The monoisotopic (exact) mass is 431 g/mol. The van der Waals surface area contributed by atoms with Gasteiger partial charge in [-0.1, -0.05) is 23.7 Å². The van der Waals surface area contributed by atoms with E-state index in [-0.39, 0.29) is 11.6 Å². The molecule has 3 aromatic heterocycles. The lowest BCUT2D eigenvalue weighted by atomic mass is 10.2. The fourth-order valence-corrected chi connectivity index (χ4v) is 3.28. The van der Waals surface area contributed by atoms with E-state index in [1.165, 1.54) is 11.0 Å². The third kappa shape index (κ3) is 3.81. The number of anilines is 1. The fourth-order valence-electron chi connectivity index (χ4n) is 3.10.